The summed E-state index contributed by atoms with van der Waals surface area (Å²) in [5.41, 5.74) is 2.42. The van der Waals surface area contributed by atoms with Crippen molar-refractivity contribution in [3.05, 3.63) is 60.8 Å². The SMILES string of the molecule is COc1ccc(Nc2nc(NC[C@@H](C)O)nc3c2cnn3-c2ccccc2)cc1. The average molecular weight is 390 g/mol. The summed E-state index contributed by atoms with van der Waals surface area (Å²) in [6, 6.07) is 17.4. The number of nitrogens with zero attached hydrogens (tertiary/aromatic N) is 4. The number of fused-ring (bicyclic) bond motifs is 1. The van der Waals surface area contributed by atoms with Crippen molar-refractivity contribution in [2.75, 3.05) is 24.3 Å². The standard InChI is InChI=1S/C21H22N6O2/c1-14(28)12-22-21-25-19(24-15-8-10-17(29-2)11-9-15)18-13-23-27(20(18)26-21)16-6-4-3-5-7-16/h3-11,13-14,28H,12H2,1-2H3,(H2,22,24,25,26)/t14-/m1/s1. The van der Waals surface area contributed by atoms with Crippen molar-refractivity contribution < 1.29 is 9.84 Å². The first kappa shape index (κ1) is 18.7. The second-order valence-corrected chi connectivity index (χ2v) is 6.61. The Morgan fingerprint density at radius 1 is 1.07 bits per heavy atom. The summed E-state index contributed by atoms with van der Waals surface area (Å²) in [6.45, 7) is 2.04. The second-order valence-electron chi connectivity index (χ2n) is 6.61. The Labute approximate surface area is 168 Å². The summed E-state index contributed by atoms with van der Waals surface area (Å²) in [7, 11) is 1.63. The number of hydrogen-bond donors (Lipinski definition) is 3. The number of aromatic nitrogens is 4. The van der Waals surface area contributed by atoms with E-state index in [1.165, 1.54) is 0 Å². The van der Waals surface area contributed by atoms with E-state index in [4.69, 9.17) is 4.74 Å². The van der Waals surface area contributed by atoms with Gasteiger partial charge < -0.3 is 20.5 Å². The van der Waals surface area contributed by atoms with Crippen LogP contribution in [0.25, 0.3) is 16.7 Å². The van der Waals surface area contributed by atoms with Crippen molar-refractivity contribution in [3.63, 3.8) is 0 Å². The lowest BCUT2D eigenvalue weighted by molar-refractivity contribution is 0.208. The smallest absolute Gasteiger partial charge is 0.226 e. The van der Waals surface area contributed by atoms with E-state index in [2.05, 4.69) is 25.7 Å². The molecule has 148 valence electrons. The maximum Gasteiger partial charge on any atom is 0.226 e. The molecule has 1 atom stereocenters. The van der Waals surface area contributed by atoms with Gasteiger partial charge in [0.25, 0.3) is 0 Å². The van der Waals surface area contributed by atoms with Crippen molar-refractivity contribution in [2.24, 2.45) is 0 Å². The van der Waals surface area contributed by atoms with Gasteiger partial charge in [0.1, 0.15) is 11.6 Å². The molecule has 0 saturated heterocycles. The number of methoxy groups -OCH3 is 1. The minimum absolute atomic E-state index is 0.340. The van der Waals surface area contributed by atoms with Crippen LogP contribution in [0.1, 0.15) is 6.92 Å². The Kier molecular flexibility index (Phi) is 5.26. The van der Waals surface area contributed by atoms with Gasteiger partial charge in [-0.2, -0.15) is 15.1 Å². The quantitative estimate of drug-likeness (QED) is 0.445. The van der Waals surface area contributed by atoms with Gasteiger partial charge >= 0.3 is 0 Å². The Hall–Kier alpha value is -3.65. The van der Waals surface area contributed by atoms with Crippen LogP contribution < -0.4 is 15.4 Å². The lowest BCUT2D eigenvalue weighted by Crippen LogP contribution is -2.17. The molecule has 0 radical (unpaired) electrons. The number of rotatable bonds is 7. The maximum absolute atomic E-state index is 9.61. The topological polar surface area (TPSA) is 97.1 Å². The van der Waals surface area contributed by atoms with E-state index in [1.807, 2.05) is 54.6 Å². The van der Waals surface area contributed by atoms with Gasteiger partial charge in [-0.3, -0.25) is 0 Å². The number of aliphatic hydroxyl groups is 1. The highest BCUT2D eigenvalue weighted by Crippen LogP contribution is 2.27. The molecule has 8 heteroatoms. The van der Waals surface area contributed by atoms with E-state index in [0.717, 1.165) is 22.5 Å². The third-order valence-corrected chi connectivity index (χ3v) is 4.34. The van der Waals surface area contributed by atoms with Crippen molar-refractivity contribution >= 4 is 28.5 Å². The fourth-order valence-corrected chi connectivity index (χ4v) is 2.89. The number of anilines is 3. The first-order chi connectivity index (χ1) is 14.1. The summed E-state index contributed by atoms with van der Waals surface area (Å²) in [5.74, 6) is 1.81. The van der Waals surface area contributed by atoms with Crippen LogP contribution in [0.5, 0.6) is 5.75 Å². The van der Waals surface area contributed by atoms with Gasteiger partial charge in [0, 0.05) is 12.2 Å². The molecular formula is C21H22N6O2. The number of ether oxygens (including phenoxy) is 1. The van der Waals surface area contributed by atoms with E-state index in [9.17, 15) is 5.11 Å². The molecule has 29 heavy (non-hydrogen) atoms. The fourth-order valence-electron chi connectivity index (χ4n) is 2.89. The van der Waals surface area contributed by atoms with Gasteiger partial charge in [0.05, 0.1) is 30.5 Å². The van der Waals surface area contributed by atoms with E-state index in [1.54, 1.807) is 24.9 Å². The number of aliphatic hydroxyl groups excluding tert-OH is 1. The Bertz CT molecular complexity index is 1090. The predicted molar refractivity (Wildman–Crippen MR) is 113 cm³/mol. The second kappa shape index (κ2) is 8.15. The fraction of sp³-hybridized carbons (Fsp3) is 0.190. The van der Waals surface area contributed by atoms with Gasteiger partial charge in [-0.25, -0.2) is 4.68 Å². The van der Waals surface area contributed by atoms with E-state index < -0.39 is 6.10 Å². The van der Waals surface area contributed by atoms with Crippen LogP contribution in [0.2, 0.25) is 0 Å². The van der Waals surface area contributed by atoms with Crippen LogP contribution in [-0.4, -0.2) is 44.6 Å². The molecular weight excluding hydrogens is 368 g/mol. The molecule has 4 rings (SSSR count). The number of hydrogen-bond acceptors (Lipinski definition) is 7. The number of para-hydroxylation sites is 1. The van der Waals surface area contributed by atoms with Crippen LogP contribution in [0.15, 0.2) is 60.8 Å². The molecule has 4 aromatic rings. The monoisotopic (exact) mass is 390 g/mol. The van der Waals surface area contributed by atoms with E-state index >= 15 is 0 Å². The highest BCUT2D eigenvalue weighted by Gasteiger charge is 2.15. The van der Waals surface area contributed by atoms with Crippen molar-refractivity contribution in [1.82, 2.24) is 19.7 Å². The molecule has 0 amide bonds. The zero-order valence-electron chi connectivity index (χ0n) is 16.2. The Morgan fingerprint density at radius 2 is 1.83 bits per heavy atom. The molecule has 0 spiro atoms. The van der Waals surface area contributed by atoms with E-state index in [0.29, 0.717) is 24.0 Å². The van der Waals surface area contributed by atoms with Crippen LogP contribution in [-0.2, 0) is 0 Å². The summed E-state index contributed by atoms with van der Waals surface area (Å²) in [5, 5.41) is 21.3. The lowest BCUT2D eigenvalue weighted by Gasteiger charge is -2.12. The van der Waals surface area contributed by atoms with E-state index in [-0.39, 0.29) is 0 Å². The summed E-state index contributed by atoms with van der Waals surface area (Å²) in [6.07, 6.45) is 1.22. The molecule has 0 bridgehead atoms. The molecule has 0 aliphatic heterocycles. The summed E-state index contributed by atoms with van der Waals surface area (Å²) in [4.78, 5) is 9.21. The molecule has 0 unspecified atom stereocenters. The van der Waals surface area contributed by atoms with Crippen LogP contribution in [0.3, 0.4) is 0 Å². The molecule has 0 aliphatic carbocycles. The minimum Gasteiger partial charge on any atom is -0.497 e. The largest absolute Gasteiger partial charge is 0.497 e. The Morgan fingerprint density at radius 3 is 2.52 bits per heavy atom. The summed E-state index contributed by atoms with van der Waals surface area (Å²) >= 11 is 0. The maximum atomic E-state index is 9.61. The molecule has 0 fully saturated rings. The van der Waals surface area contributed by atoms with Gasteiger partial charge in [-0.05, 0) is 43.3 Å². The molecule has 2 aromatic carbocycles. The molecule has 3 N–H and O–H groups in total. The normalized spacial score (nSPS) is 12.0. The van der Waals surface area contributed by atoms with Crippen LogP contribution in [0.4, 0.5) is 17.5 Å². The van der Waals surface area contributed by atoms with Gasteiger partial charge in [-0.1, -0.05) is 18.2 Å². The molecule has 0 aliphatic rings. The number of nitrogens with one attached hydrogen (secondary N) is 2. The summed E-state index contributed by atoms with van der Waals surface area (Å²) < 4.78 is 6.98. The third-order valence-electron chi connectivity index (χ3n) is 4.34. The zero-order valence-corrected chi connectivity index (χ0v) is 16.2. The zero-order chi connectivity index (χ0) is 20.2. The van der Waals surface area contributed by atoms with Crippen molar-refractivity contribution in [3.8, 4) is 11.4 Å². The third kappa shape index (κ3) is 4.12. The molecule has 0 saturated carbocycles. The van der Waals surface area contributed by atoms with Crippen LogP contribution in [0, 0.1) is 0 Å². The van der Waals surface area contributed by atoms with Crippen molar-refractivity contribution in [1.29, 1.82) is 0 Å². The first-order valence-corrected chi connectivity index (χ1v) is 9.28. The van der Waals surface area contributed by atoms with Crippen LogP contribution >= 0.6 is 0 Å². The highest BCUT2D eigenvalue weighted by atomic mass is 16.5. The van der Waals surface area contributed by atoms with Crippen molar-refractivity contribution in [2.45, 2.75) is 13.0 Å². The lowest BCUT2D eigenvalue weighted by atomic mass is 10.3. The van der Waals surface area contributed by atoms with Gasteiger partial charge in [0.15, 0.2) is 5.65 Å². The number of benzene rings is 2. The highest BCUT2D eigenvalue weighted by molar-refractivity contribution is 5.90. The molecule has 2 heterocycles. The van der Waals surface area contributed by atoms with Gasteiger partial charge in [-0.15, -0.1) is 0 Å². The predicted octanol–water partition coefficient (Wildman–Crippen LogP) is 3.36. The minimum atomic E-state index is -0.522. The average Bonchev–Trinajstić information content (AvgIpc) is 3.18. The molecule has 2 aromatic heterocycles. The Balaban J connectivity index is 1.77. The van der Waals surface area contributed by atoms with Gasteiger partial charge in [0.2, 0.25) is 5.95 Å². The molecule has 8 nitrogen and oxygen atoms in total. The first-order valence-electron chi connectivity index (χ1n) is 9.28.